The number of aromatic nitrogens is 3. The standard InChI is InChI=1S/C30H27N5O5S/c1-4-26(22-7-5-6-20(14-22)15-31)35-27(18-40-19(2)3)34-29(36)28(30(35)37)41(38,39)24-10-8-21(9-11-24)25-17-33-13-12-23(25)16-32/h5-14,17,19,26,36H,4,18H2,1-3H3/t26-/m0/s1. The highest BCUT2D eigenvalue weighted by Gasteiger charge is 2.32. The van der Waals surface area contributed by atoms with Crippen molar-refractivity contribution in [2.45, 2.75) is 55.7 Å². The fourth-order valence-electron chi connectivity index (χ4n) is 4.49. The number of benzene rings is 2. The Hall–Kier alpha value is -4.84. The normalized spacial score (nSPS) is 12.0. The number of ether oxygens (including phenoxy) is 1. The van der Waals surface area contributed by atoms with Crippen molar-refractivity contribution in [1.29, 1.82) is 10.5 Å². The molecular formula is C30H27N5O5S. The molecule has 0 aliphatic rings. The monoisotopic (exact) mass is 569 g/mol. The maximum Gasteiger partial charge on any atom is 0.277 e. The Morgan fingerprint density at radius 3 is 2.44 bits per heavy atom. The minimum Gasteiger partial charge on any atom is -0.492 e. The van der Waals surface area contributed by atoms with Crippen molar-refractivity contribution < 1.29 is 18.3 Å². The Bertz CT molecular complexity index is 1840. The zero-order chi connectivity index (χ0) is 29.7. The van der Waals surface area contributed by atoms with Crippen molar-refractivity contribution in [3.63, 3.8) is 0 Å². The van der Waals surface area contributed by atoms with Crippen LogP contribution < -0.4 is 5.56 Å². The lowest BCUT2D eigenvalue weighted by atomic mass is 10.0. The minimum absolute atomic E-state index is 0.0466. The van der Waals surface area contributed by atoms with E-state index >= 15 is 0 Å². The maximum absolute atomic E-state index is 14.0. The Kier molecular flexibility index (Phi) is 8.62. The summed E-state index contributed by atoms with van der Waals surface area (Å²) in [7, 11) is -4.54. The molecule has 4 aromatic rings. The van der Waals surface area contributed by atoms with Gasteiger partial charge in [0.1, 0.15) is 12.4 Å². The Morgan fingerprint density at radius 2 is 1.80 bits per heavy atom. The molecular weight excluding hydrogens is 542 g/mol. The van der Waals surface area contributed by atoms with Gasteiger partial charge in [-0.15, -0.1) is 0 Å². The zero-order valence-corrected chi connectivity index (χ0v) is 23.5. The molecule has 2 aromatic heterocycles. The van der Waals surface area contributed by atoms with E-state index in [1.807, 2.05) is 6.92 Å². The molecule has 0 aliphatic carbocycles. The van der Waals surface area contributed by atoms with Gasteiger partial charge in [-0.3, -0.25) is 14.3 Å². The first-order valence-electron chi connectivity index (χ1n) is 12.8. The van der Waals surface area contributed by atoms with Gasteiger partial charge >= 0.3 is 0 Å². The van der Waals surface area contributed by atoms with E-state index in [4.69, 9.17) is 4.74 Å². The van der Waals surface area contributed by atoms with E-state index in [0.29, 0.717) is 34.2 Å². The molecule has 0 spiro atoms. The minimum atomic E-state index is -4.54. The summed E-state index contributed by atoms with van der Waals surface area (Å²) in [6.45, 7) is 5.25. The summed E-state index contributed by atoms with van der Waals surface area (Å²) >= 11 is 0. The second kappa shape index (κ2) is 12.1. The molecule has 208 valence electrons. The third kappa shape index (κ3) is 5.87. The van der Waals surface area contributed by atoms with E-state index in [-0.39, 0.29) is 23.4 Å². The van der Waals surface area contributed by atoms with Crippen LogP contribution in [0.15, 0.2) is 81.6 Å². The van der Waals surface area contributed by atoms with Gasteiger partial charge in [0.25, 0.3) is 5.56 Å². The van der Waals surface area contributed by atoms with Gasteiger partial charge in [-0.1, -0.05) is 31.2 Å². The Labute approximate surface area is 237 Å². The van der Waals surface area contributed by atoms with Crippen LogP contribution in [-0.4, -0.2) is 34.2 Å². The van der Waals surface area contributed by atoms with Crippen LogP contribution in [0, 0.1) is 22.7 Å². The number of nitrogens with zero attached hydrogens (tertiary/aromatic N) is 5. The van der Waals surface area contributed by atoms with Gasteiger partial charge < -0.3 is 9.84 Å². The largest absolute Gasteiger partial charge is 0.492 e. The van der Waals surface area contributed by atoms with Crippen molar-refractivity contribution in [3.8, 4) is 29.1 Å². The van der Waals surface area contributed by atoms with E-state index in [0.717, 1.165) is 0 Å². The summed E-state index contributed by atoms with van der Waals surface area (Å²) < 4.78 is 34.4. The number of nitriles is 2. The van der Waals surface area contributed by atoms with Gasteiger partial charge in [0.15, 0.2) is 4.90 Å². The van der Waals surface area contributed by atoms with Gasteiger partial charge in [-0.05, 0) is 61.7 Å². The highest BCUT2D eigenvalue weighted by Crippen LogP contribution is 2.30. The summed E-state index contributed by atoms with van der Waals surface area (Å²) in [5.74, 6) is -0.886. The van der Waals surface area contributed by atoms with Crippen LogP contribution in [-0.2, 0) is 21.2 Å². The number of hydrogen-bond acceptors (Lipinski definition) is 9. The van der Waals surface area contributed by atoms with Gasteiger partial charge in [-0.25, -0.2) is 8.42 Å². The molecule has 0 aliphatic heterocycles. The van der Waals surface area contributed by atoms with Crippen LogP contribution in [0.1, 0.15) is 55.7 Å². The van der Waals surface area contributed by atoms with Crippen LogP contribution in [0.25, 0.3) is 11.1 Å². The number of aromatic hydroxyl groups is 1. The highest BCUT2D eigenvalue weighted by atomic mass is 32.2. The molecule has 2 heterocycles. The molecule has 1 N–H and O–H groups in total. The molecule has 0 amide bonds. The first-order valence-corrected chi connectivity index (χ1v) is 14.3. The van der Waals surface area contributed by atoms with Crippen molar-refractivity contribution in [3.05, 3.63) is 99.9 Å². The molecule has 2 aromatic carbocycles. The van der Waals surface area contributed by atoms with Crippen LogP contribution in [0.4, 0.5) is 0 Å². The molecule has 0 radical (unpaired) electrons. The first kappa shape index (κ1) is 29.2. The molecule has 0 saturated carbocycles. The number of hydrogen-bond donors (Lipinski definition) is 1. The maximum atomic E-state index is 14.0. The second-order valence-electron chi connectivity index (χ2n) is 9.44. The number of sulfone groups is 1. The van der Waals surface area contributed by atoms with Crippen LogP contribution in [0.5, 0.6) is 5.88 Å². The lowest BCUT2D eigenvalue weighted by Crippen LogP contribution is -2.34. The summed E-state index contributed by atoms with van der Waals surface area (Å²) in [6.07, 6.45) is 3.11. The fourth-order valence-corrected chi connectivity index (χ4v) is 5.83. The second-order valence-corrected chi connectivity index (χ2v) is 11.3. The van der Waals surface area contributed by atoms with E-state index in [1.54, 1.807) is 44.2 Å². The SMILES string of the molecule is CC[C@@H](c1cccc(C#N)c1)n1c(COC(C)C)nc(O)c(S(=O)(=O)c2ccc(-c3cnccc3C#N)cc2)c1=O. The molecule has 0 fully saturated rings. The number of pyridine rings is 1. The van der Waals surface area contributed by atoms with E-state index < -0.39 is 32.2 Å². The molecule has 0 unspecified atom stereocenters. The van der Waals surface area contributed by atoms with Crippen LogP contribution >= 0.6 is 0 Å². The van der Waals surface area contributed by atoms with Gasteiger partial charge in [-0.2, -0.15) is 15.5 Å². The topological polar surface area (TPSA) is 159 Å². The van der Waals surface area contributed by atoms with E-state index in [2.05, 4.69) is 22.1 Å². The highest BCUT2D eigenvalue weighted by molar-refractivity contribution is 7.91. The summed E-state index contributed by atoms with van der Waals surface area (Å²) in [4.78, 5) is 21.0. The molecule has 4 rings (SSSR count). The fraction of sp³-hybridized carbons (Fsp3) is 0.233. The predicted octanol–water partition coefficient (Wildman–Crippen LogP) is 4.51. The molecule has 0 saturated heterocycles. The molecule has 0 bridgehead atoms. The molecule has 11 heteroatoms. The smallest absolute Gasteiger partial charge is 0.277 e. The van der Waals surface area contributed by atoms with Crippen molar-refractivity contribution in [2.75, 3.05) is 0 Å². The average molecular weight is 570 g/mol. The Morgan fingerprint density at radius 1 is 1.07 bits per heavy atom. The number of rotatable bonds is 9. The molecule has 10 nitrogen and oxygen atoms in total. The first-order chi connectivity index (χ1) is 19.6. The molecule has 41 heavy (non-hydrogen) atoms. The van der Waals surface area contributed by atoms with Gasteiger partial charge in [0.2, 0.25) is 15.7 Å². The van der Waals surface area contributed by atoms with Crippen LogP contribution in [0.2, 0.25) is 0 Å². The lowest BCUT2D eigenvalue weighted by molar-refractivity contribution is 0.0573. The predicted molar refractivity (Wildman–Crippen MR) is 150 cm³/mol. The quantitative estimate of drug-likeness (QED) is 0.306. The van der Waals surface area contributed by atoms with Crippen molar-refractivity contribution in [2.24, 2.45) is 0 Å². The lowest BCUT2D eigenvalue weighted by Gasteiger charge is -2.24. The summed E-state index contributed by atoms with van der Waals surface area (Å²) in [5, 5.41) is 29.6. The van der Waals surface area contributed by atoms with E-state index in [9.17, 15) is 28.8 Å². The third-order valence-corrected chi connectivity index (χ3v) is 8.25. The Balaban J connectivity index is 1.88. The van der Waals surface area contributed by atoms with Crippen LogP contribution in [0.3, 0.4) is 0 Å². The summed E-state index contributed by atoms with van der Waals surface area (Å²) in [5.41, 5.74) is 1.46. The molecule has 1 atom stereocenters. The van der Waals surface area contributed by atoms with Crippen molar-refractivity contribution >= 4 is 9.84 Å². The van der Waals surface area contributed by atoms with Gasteiger partial charge in [0.05, 0.1) is 40.3 Å². The summed E-state index contributed by atoms with van der Waals surface area (Å²) in [6, 6.07) is 17.3. The third-order valence-electron chi connectivity index (χ3n) is 6.46. The van der Waals surface area contributed by atoms with Gasteiger partial charge in [0, 0.05) is 18.0 Å². The van der Waals surface area contributed by atoms with Crippen molar-refractivity contribution in [1.82, 2.24) is 14.5 Å². The average Bonchev–Trinajstić information content (AvgIpc) is 2.97. The zero-order valence-electron chi connectivity index (χ0n) is 22.6. The van der Waals surface area contributed by atoms with E-state index in [1.165, 1.54) is 41.2 Å².